The molecule has 0 aliphatic heterocycles. The van der Waals surface area contributed by atoms with E-state index in [1.807, 2.05) is 73.6 Å². The van der Waals surface area contributed by atoms with Crippen molar-refractivity contribution in [2.45, 2.75) is 51.5 Å². The SMILES string of the molecule is CCCCCCC(=O)NC(Cc1ccccc1)C(=O)Nc1nnc(-c2ccc(N(C)C)cc2)s1. The van der Waals surface area contributed by atoms with Crippen LogP contribution in [0, 0.1) is 0 Å². The lowest BCUT2D eigenvalue weighted by Gasteiger charge is -2.18. The van der Waals surface area contributed by atoms with Gasteiger partial charge in [0.05, 0.1) is 0 Å². The highest BCUT2D eigenvalue weighted by atomic mass is 32.1. The first-order valence-electron chi connectivity index (χ1n) is 11.7. The number of benzene rings is 2. The van der Waals surface area contributed by atoms with Gasteiger partial charge in [-0.05, 0) is 36.2 Å². The fourth-order valence-electron chi connectivity index (χ4n) is 3.52. The third-order valence-electron chi connectivity index (χ3n) is 5.48. The summed E-state index contributed by atoms with van der Waals surface area (Å²) in [6.45, 7) is 2.14. The predicted molar refractivity (Wildman–Crippen MR) is 139 cm³/mol. The Morgan fingerprint density at radius 3 is 2.38 bits per heavy atom. The monoisotopic (exact) mass is 479 g/mol. The summed E-state index contributed by atoms with van der Waals surface area (Å²) < 4.78 is 0. The maximum atomic E-state index is 13.1. The molecule has 1 atom stereocenters. The smallest absolute Gasteiger partial charge is 0.249 e. The molecule has 34 heavy (non-hydrogen) atoms. The lowest BCUT2D eigenvalue weighted by atomic mass is 10.0. The van der Waals surface area contributed by atoms with Crippen LogP contribution in [0.1, 0.15) is 44.6 Å². The van der Waals surface area contributed by atoms with E-state index in [0.29, 0.717) is 18.0 Å². The van der Waals surface area contributed by atoms with E-state index >= 15 is 0 Å². The standard InChI is InChI=1S/C26H33N5O2S/c1-4-5-6-10-13-23(32)27-22(18-19-11-8-7-9-12-19)24(33)28-26-30-29-25(34-26)20-14-16-21(17-15-20)31(2)3/h7-9,11-12,14-17,22H,4-6,10,13,18H2,1-3H3,(H,27,32)(H,28,30,33). The third-order valence-corrected chi connectivity index (χ3v) is 6.37. The number of unbranched alkanes of at least 4 members (excludes halogenated alkanes) is 3. The number of anilines is 2. The summed E-state index contributed by atoms with van der Waals surface area (Å²) in [4.78, 5) is 27.6. The summed E-state index contributed by atoms with van der Waals surface area (Å²) >= 11 is 1.31. The number of nitrogens with one attached hydrogen (secondary N) is 2. The molecule has 7 nitrogen and oxygen atoms in total. The van der Waals surface area contributed by atoms with Gasteiger partial charge in [-0.25, -0.2) is 0 Å². The van der Waals surface area contributed by atoms with E-state index in [0.717, 1.165) is 47.5 Å². The predicted octanol–water partition coefficient (Wildman–Crippen LogP) is 4.91. The molecule has 1 aromatic heterocycles. The highest BCUT2D eigenvalue weighted by molar-refractivity contribution is 7.18. The summed E-state index contributed by atoms with van der Waals surface area (Å²) in [7, 11) is 3.98. The number of hydrogen-bond donors (Lipinski definition) is 2. The van der Waals surface area contributed by atoms with Crippen LogP contribution in [0.2, 0.25) is 0 Å². The minimum atomic E-state index is -0.687. The van der Waals surface area contributed by atoms with Crippen LogP contribution in [0.3, 0.4) is 0 Å². The molecule has 180 valence electrons. The van der Waals surface area contributed by atoms with Gasteiger partial charge in [-0.1, -0.05) is 67.9 Å². The van der Waals surface area contributed by atoms with Crippen molar-refractivity contribution in [3.8, 4) is 10.6 Å². The van der Waals surface area contributed by atoms with Gasteiger partial charge in [0, 0.05) is 38.2 Å². The Bertz CT molecular complexity index is 1050. The van der Waals surface area contributed by atoms with Gasteiger partial charge < -0.3 is 10.2 Å². The molecular formula is C26H33N5O2S. The average molecular weight is 480 g/mol. The van der Waals surface area contributed by atoms with Crippen LogP contribution in [0.25, 0.3) is 10.6 Å². The minimum Gasteiger partial charge on any atom is -0.378 e. The molecule has 3 aromatic rings. The number of hydrogen-bond acceptors (Lipinski definition) is 6. The van der Waals surface area contributed by atoms with Crippen molar-refractivity contribution in [1.82, 2.24) is 15.5 Å². The molecule has 0 aliphatic carbocycles. The van der Waals surface area contributed by atoms with E-state index in [-0.39, 0.29) is 11.8 Å². The highest BCUT2D eigenvalue weighted by Crippen LogP contribution is 2.28. The minimum absolute atomic E-state index is 0.105. The Morgan fingerprint density at radius 1 is 0.971 bits per heavy atom. The van der Waals surface area contributed by atoms with Crippen LogP contribution in [0.15, 0.2) is 54.6 Å². The second-order valence-electron chi connectivity index (χ2n) is 8.46. The van der Waals surface area contributed by atoms with E-state index < -0.39 is 6.04 Å². The van der Waals surface area contributed by atoms with Crippen molar-refractivity contribution in [1.29, 1.82) is 0 Å². The second-order valence-corrected chi connectivity index (χ2v) is 9.44. The van der Waals surface area contributed by atoms with Crippen molar-refractivity contribution >= 4 is 34.0 Å². The van der Waals surface area contributed by atoms with Crippen LogP contribution >= 0.6 is 11.3 Å². The molecule has 0 saturated heterocycles. The van der Waals surface area contributed by atoms with Gasteiger partial charge in [0.25, 0.3) is 0 Å². The lowest BCUT2D eigenvalue weighted by molar-refractivity contribution is -0.126. The highest BCUT2D eigenvalue weighted by Gasteiger charge is 2.22. The van der Waals surface area contributed by atoms with Crippen molar-refractivity contribution < 1.29 is 9.59 Å². The number of rotatable bonds is 12. The quantitative estimate of drug-likeness (QED) is 0.361. The Kier molecular flexibility index (Phi) is 9.58. The van der Waals surface area contributed by atoms with Crippen LogP contribution in [0.4, 0.5) is 10.8 Å². The Morgan fingerprint density at radius 2 is 1.71 bits per heavy atom. The first-order chi connectivity index (χ1) is 16.5. The normalized spacial score (nSPS) is 11.6. The van der Waals surface area contributed by atoms with Crippen LogP contribution in [-0.4, -0.2) is 42.1 Å². The van der Waals surface area contributed by atoms with Crippen molar-refractivity contribution in [3.63, 3.8) is 0 Å². The fourth-order valence-corrected chi connectivity index (χ4v) is 4.27. The van der Waals surface area contributed by atoms with E-state index in [4.69, 9.17) is 0 Å². The maximum Gasteiger partial charge on any atom is 0.249 e. The maximum absolute atomic E-state index is 13.1. The second kappa shape index (κ2) is 12.8. The largest absolute Gasteiger partial charge is 0.378 e. The number of aromatic nitrogens is 2. The lowest BCUT2D eigenvalue weighted by Crippen LogP contribution is -2.45. The molecule has 1 heterocycles. The molecule has 0 spiro atoms. The molecular weight excluding hydrogens is 446 g/mol. The Balaban J connectivity index is 1.66. The average Bonchev–Trinajstić information content (AvgIpc) is 3.30. The van der Waals surface area contributed by atoms with Crippen LogP contribution in [-0.2, 0) is 16.0 Å². The number of carbonyl (C=O) groups excluding carboxylic acids is 2. The molecule has 3 rings (SSSR count). The number of amides is 2. The van der Waals surface area contributed by atoms with Gasteiger partial charge in [0.15, 0.2) is 0 Å². The number of carbonyl (C=O) groups is 2. The van der Waals surface area contributed by atoms with E-state index in [1.54, 1.807) is 0 Å². The summed E-state index contributed by atoms with van der Waals surface area (Å²) in [5.74, 6) is -0.400. The molecule has 2 aromatic carbocycles. The van der Waals surface area contributed by atoms with Gasteiger partial charge in [-0.15, -0.1) is 10.2 Å². The molecule has 8 heteroatoms. The zero-order valence-corrected chi connectivity index (χ0v) is 20.9. The summed E-state index contributed by atoms with van der Waals surface area (Å²) in [6.07, 6.45) is 4.90. The number of nitrogens with zero attached hydrogens (tertiary/aromatic N) is 3. The zero-order chi connectivity index (χ0) is 24.3. The van der Waals surface area contributed by atoms with E-state index in [2.05, 4.69) is 27.8 Å². The zero-order valence-electron chi connectivity index (χ0n) is 20.1. The first kappa shape index (κ1) is 25.4. The van der Waals surface area contributed by atoms with Crippen LogP contribution < -0.4 is 15.5 Å². The fraction of sp³-hybridized carbons (Fsp3) is 0.385. The van der Waals surface area contributed by atoms with Crippen molar-refractivity contribution in [2.24, 2.45) is 0 Å². The molecule has 0 aliphatic rings. The molecule has 0 saturated carbocycles. The van der Waals surface area contributed by atoms with Crippen molar-refractivity contribution in [3.05, 3.63) is 60.2 Å². The van der Waals surface area contributed by atoms with Gasteiger partial charge in [0.1, 0.15) is 11.0 Å². The summed E-state index contributed by atoms with van der Waals surface area (Å²) in [5.41, 5.74) is 3.01. The van der Waals surface area contributed by atoms with Gasteiger partial charge in [0.2, 0.25) is 16.9 Å². The molecule has 2 N–H and O–H groups in total. The molecule has 0 radical (unpaired) electrons. The van der Waals surface area contributed by atoms with Gasteiger partial charge in [-0.2, -0.15) is 0 Å². The first-order valence-corrected chi connectivity index (χ1v) is 12.5. The van der Waals surface area contributed by atoms with Crippen molar-refractivity contribution in [2.75, 3.05) is 24.3 Å². The van der Waals surface area contributed by atoms with E-state index in [9.17, 15) is 9.59 Å². The van der Waals surface area contributed by atoms with E-state index in [1.165, 1.54) is 11.3 Å². The third kappa shape index (κ3) is 7.66. The molecule has 0 bridgehead atoms. The summed E-state index contributed by atoms with van der Waals surface area (Å²) in [6, 6.07) is 17.0. The molecule has 2 amide bonds. The Labute approximate surface area is 205 Å². The topological polar surface area (TPSA) is 87.2 Å². The summed E-state index contributed by atoms with van der Waals surface area (Å²) in [5, 5.41) is 15.3. The van der Waals surface area contributed by atoms with Gasteiger partial charge >= 0.3 is 0 Å². The van der Waals surface area contributed by atoms with Gasteiger partial charge in [-0.3, -0.25) is 14.9 Å². The van der Waals surface area contributed by atoms with Crippen LogP contribution in [0.5, 0.6) is 0 Å². The molecule has 1 unspecified atom stereocenters. The molecule has 0 fully saturated rings. The Hall–Kier alpha value is -3.26.